The third kappa shape index (κ3) is 78.6. The Morgan fingerprint density at radius 3 is 1.12 bits per heavy atom. The summed E-state index contributed by atoms with van der Waals surface area (Å²) in [6.07, 6.45) is 10.5. The summed E-state index contributed by atoms with van der Waals surface area (Å²) in [4.78, 5) is 166. The first-order valence-electron chi connectivity index (χ1n) is 36.8. The van der Waals surface area contributed by atoms with E-state index in [-0.39, 0.29) is 192 Å². The summed E-state index contributed by atoms with van der Waals surface area (Å²) in [7, 11) is 3.75. The fourth-order valence-corrected chi connectivity index (χ4v) is 7.52. The monoisotopic (exact) mass is 1890 g/mol. The van der Waals surface area contributed by atoms with Crippen molar-refractivity contribution in [3.8, 4) is 12.8 Å². The molecule has 32 nitrogen and oxygen atoms in total. The molecule has 0 fully saturated rings. The molecule has 3 unspecified atom stereocenters. The van der Waals surface area contributed by atoms with Crippen LogP contribution < -0.4 is 40.1 Å². The van der Waals surface area contributed by atoms with E-state index in [1.165, 1.54) is 6.40 Å². The second kappa shape index (κ2) is 65.3. The largest absolute Gasteiger partial charge is 0.481 e. The van der Waals surface area contributed by atoms with Crippen LogP contribution >= 0.6 is 12.4 Å². The average Bonchev–Trinajstić information content (AvgIpc) is 1.70. The number of cyclic esters (lactones) is 2. The molecule has 2 heterocycles. The summed E-state index contributed by atoms with van der Waals surface area (Å²) in [5.74, 6) is -4.91. The quantitative estimate of drug-likeness (QED) is 0.00983. The molecule has 0 aromatic heterocycles. The number of ether oxygens (including phenoxy) is 7. The summed E-state index contributed by atoms with van der Waals surface area (Å²) < 4.78 is 46.1. The van der Waals surface area contributed by atoms with Crippen LogP contribution in [0.4, 0.5) is 0 Å². The molecule has 35 heteroatoms. The predicted molar refractivity (Wildman–Crippen MR) is 445 cm³/mol. The van der Waals surface area contributed by atoms with E-state index in [4.69, 9.17) is 90.7 Å². The zero-order valence-electron chi connectivity index (χ0n) is 72.5. The average molecular weight is 1900 g/mol. The zero-order chi connectivity index (χ0) is 91.6. The number of terminal acetylenes is 1. The number of esters is 7. The summed E-state index contributed by atoms with van der Waals surface area (Å²) >= 11 is 0. The number of carbonyl (C=O) groups is 13. The molecule has 0 spiro atoms. The molecular weight excluding hydrogens is 1760 g/mol. The molecule has 117 heavy (non-hydrogen) atoms. The summed E-state index contributed by atoms with van der Waals surface area (Å²) in [5.41, 5.74) is 36.0. The molecule has 2 aliphatic heterocycles. The van der Waals surface area contributed by atoms with Crippen molar-refractivity contribution in [2.45, 2.75) is 268 Å². The van der Waals surface area contributed by atoms with Crippen LogP contribution in [0.3, 0.4) is 0 Å². The number of hydrogen-bond donors (Lipinski definition) is 8. The third-order valence-electron chi connectivity index (χ3n) is 12.8. The van der Waals surface area contributed by atoms with E-state index in [1.807, 2.05) is 108 Å². The molecule has 0 aliphatic carbocycles. The summed E-state index contributed by atoms with van der Waals surface area (Å²) in [6.45, 7) is 38.5. The number of amides is 4. The van der Waals surface area contributed by atoms with E-state index in [1.54, 1.807) is 93.5 Å². The molecule has 3 aromatic carbocycles. The van der Waals surface area contributed by atoms with Gasteiger partial charge in [-0.05, 0) is 173 Å². The maximum Gasteiger partial charge on any atom is 0.373 e. The van der Waals surface area contributed by atoms with Gasteiger partial charge in [-0.25, -0.2) is 24.4 Å². The van der Waals surface area contributed by atoms with Crippen molar-refractivity contribution >= 4 is 116 Å². The number of ketones is 1. The number of carbonyl (C=O) groups excluding carboxylic acids is 14. The van der Waals surface area contributed by atoms with Crippen LogP contribution in [0.25, 0.3) is 0 Å². The summed E-state index contributed by atoms with van der Waals surface area (Å²) in [5, 5.41) is 8.36. The minimum Gasteiger partial charge on any atom is -0.481 e. The molecule has 3 aromatic rings. The molecule has 15 N–H and O–H groups in total. The van der Waals surface area contributed by atoms with Crippen molar-refractivity contribution in [2.24, 2.45) is 61.5 Å². The molecular formula is C82H129BClN9O23U. The second-order valence-electron chi connectivity index (χ2n) is 30.6. The van der Waals surface area contributed by atoms with E-state index in [9.17, 15) is 62.3 Å². The Hall–Kier alpha value is -9.72. The van der Waals surface area contributed by atoms with Crippen LogP contribution in [0.5, 0.6) is 0 Å². The maximum absolute atomic E-state index is 11.7. The van der Waals surface area contributed by atoms with Crippen LogP contribution in [0.15, 0.2) is 114 Å². The first kappa shape index (κ1) is 120. The Bertz CT molecular complexity index is 3470. The normalized spacial score (nSPS) is 13.1. The van der Waals surface area contributed by atoms with E-state index in [0.29, 0.717) is 23.8 Å². The standard InChI is InChI=1S/C15H19NO2.C10H19NO3.C10H10O3.3C9H18N2O3.C9H7NO2.C7H12O2.C2H2.CO2.CH4.BH.ClH.U/c1-15(2,3)10-9-12-14(17)18-13(16-12)11-7-5-4-6-8-11;1-7(9(11)13)5-6-8(12)14-10(2,3)4;11-9(6-7-10(12)13)8-4-2-1-3-5-8;3*1-9(2,3)14-7(12)5-4-6(10)8(11)13;11-8-6-10-9(12-8)7-4-2-1-3-5-7;1-5-6(8)9-7(2,3)4;1-2;2-1-3;;;;/h4-8,12H,9-10H2,1-3H3;7H,5-6H2,1-4H3,(H2,11,13);1-5H,6-7H2,(H,12,13);3*6H,4-5,10H2,1-3H3,(H2,11,13);1-5H,6H2;5H,1H2,2-4H3;1-2H;;1H4;2*1H;/t;;;2*6-;;;;;;;;;/m...00........./s1/i;;;;;;;;1D;;;1D;;. The number of carboxylic acid groups (broad SMARTS) is 1. The van der Waals surface area contributed by atoms with Crippen molar-refractivity contribution in [1.82, 2.24) is 0 Å². The van der Waals surface area contributed by atoms with Crippen LogP contribution in [0.1, 0.15) is 239 Å². The van der Waals surface area contributed by atoms with Crippen molar-refractivity contribution in [3.63, 3.8) is 0 Å². The van der Waals surface area contributed by atoms with Gasteiger partial charge in [0.05, 0.1) is 24.5 Å². The third-order valence-corrected chi connectivity index (χ3v) is 12.8. The molecule has 0 bridgehead atoms. The Morgan fingerprint density at radius 2 is 0.863 bits per heavy atom. The van der Waals surface area contributed by atoms with Gasteiger partial charge < -0.3 is 78.4 Å². The van der Waals surface area contributed by atoms with Crippen LogP contribution in [-0.2, 0) is 100 Å². The number of primary amides is 4. The van der Waals surface area contributed by atoms with Gasteiger partial charge in [0, 0.05) is 100 Å². The first-order chi connectivity index (χ1) is 53.2. The fraction of sp³-hybridized carbons (Fsp3) is 0.537. The second-order valence-corrected chi connectivity index (χ2v) is 30.6. The number of hydrogen-bond acceptors (Lipinski definition) is 27. The van der Waals surface area contributed by atoms with Crippen LogP contribution in [0, 0.1) is 55.3 Å². The van der Waals surface area contributed by atoms with E-state index >= 15 is 0 Å². The van der Waals surface area contributed by atoms with Gasteiger partial charge in [-0.1, -0.05) is 108 Å². The van der Waals surface area contributed by atoms with Gasteiger partial charge in [-0.2, -0.15) is 9.59 Å². The predicted octanol–water partition coefficient (Wildman–Crippen LogP) is 8.49. The maximum atomic E-state index is 11.7. The number of aliphatic carboxylic acids is 1. The molecule has 654 valence electrons. The SMILES string of the molecule is C.C=CC(=O)OC(C)(C)C.CC(C)(C)CCC1N=C(c2ccccc2)OC1=O.CC(C)(C)OC(=O)CCC(N)C(N)=O.CC(C)(C)OC(=O)CC[C@H](N)C(N)=O.CC(C)(C)OC(=O)CC[C@H](N)C(N)=O.CC(CCC(=O)OC(C)(C)C)C(N)=O.Cl.O=C(O)CCC(=O)c1ccccc1.O=C1CN=C(c2ccccc2)O1.O=C=O.[2H]C#C.[2H][B].[U]. The Balaban J connectivity index is -0.000000164. The molecule has 0 saturated heterocycles. The fourth-order valence-electron chi connectivity index (χ4n) is 7.52. The van der Waals surface area contributed by atoms with Crippen LogP contribution in [0.2, 0.25) is 0 Å². The van der Waals surface area contributed by atoms with Crippen molar-refractivity contribution in [2.75, 3.05) is 6.54 Å². The Morgan fingerprint density at radius 1 is 0.556 bits per heavy atom. The van der Waals surface area contributed by atoms with Crippen molar-refractivity contribution < 1.29 is 143 Å². The van der Waals surface area contributed by atoms with Gasteiger partial charge >= 0.3 is 53.9 Å². The van der Waals surface area contributed by atoms with Gasteiger partial charge in [0.2, 0.25) is 35.4 Å². The molecule has 5 rings (SSSR count). The molecule has 0 saturated carbocycles. The molecule has 5 atom stereocenters. The van der Waals surface area contributed by atoms with Gasteiger partial charge in [0.25, 0.3) is 0 Å². The van der Waals surface area contributed by atoms with E-state index in [0.717, 1.165) is 30.0 Å². The number of nitrogens with two attached hydrogens (primary N) is 7. The van der Waals surface area contributed by atoms with E-state index < -0.39 is 69.8 Å². The topological polar surface area (TPSA) is 548 Å². The number of rotatable bonds is 25. The van der Waals surface area contributed by atoms with Gasteiger partial charge in [-0.3, -0.25) is 47.9 Å². The minimum absolute atomic E-state index is 0. The molecule has 4 amide bonds. The number of benzene rings is 3. The van der Waals surface area contributed by atoms with Crippen LogP contribution in [-0.4, -0.2) is 169 Å². The van der Waals surface area contributed by atoms with E-state index in [2.05, 4.69) is 52.1 Å². The van der Waals surface area contributed by atoms with Crippen molar-refractivity contribution in [3.05, 3.63) is 120 Å². The molecule has 2 aliphatic rings. The molecule has 2 radical (unpaired) electrons. The minimum atomic E-state index is -0.940. The summed E-state index contributed by atoms with van der Waals surface area (Å²) in [6, 6.07) is 25.0. The zero-order valence-corrected chi connectivity index (χ0v) is 75.4. The first-order valence-corrected chi connectivity index (χ1v) is 35.7. The van der Waals surface area contributed by atoms with Crippen molar-refractivity contribution in [1.29, 1.82) is 1.34 Å². The number of aliphatic imine (C=N–C) groups is 2. The van der Waals surface area contributed by atoms with Gasteiger partial charge in [-0.15, -0.1) is 25.2 Å². The smallest absolute Gasteiger partial charge is 0.373 e. The number of halogens is 1. The Kier molecular flexibility index (Phi) is 67.3. The number of Topliss-reactive ketones (excluding diaryl/α,β-unsaturated/α-hetero) is 1. The number of carboxylic acids is 1. The van der Waals surface area contributed by atoms with Gasteiger partial charge in [0.15, 0.2) is 11.8 Å². The number of nitrogens with zero attached hydrogens (tertiary/aromatic N) is 2. The Labute approximate surface area is 725 Å². The van der Waals surface area contributed by atoms with Gasteiger partial charge in [0.1, 0.15) is 35.9 Å².